The zero-order chi connectivity index (χ0) is 16.6. The predicted octanol–water partition coefficient (Wildman–Crippen LogP) is 3.63. The van der Waals surface area contributed by atoms with Gasteiger partial charge in [-0.2, -0.15) is 9.78 Å². The lowest BCUT2D eigenvalue weighted by atomic mass is 10.1. The van der Waals surface area contributed by atoms with E-state index in [1.165, 1.54) is 0 Å². The first-order valence-corrected chi connectivity index (χ1v) is 7.70. The SMILES string of the molecule is Cc1cc(NC(=O)C(C)C)n(-c2cc(C)c3ccccc3n2)n1. The van der Waals surface area contributed by atoms with E-state index in [2.05, 4.69) is 28.4 Å². The maximum absolute atomic E-state index is 12.0. The van der Waals surface area contributed by atoms with Crippen molar-refractivity contribution in [2.24, 2.45) is 5.92 Å². The Labute approximate surface area is 135 Å². The molecule has 0 aliphatic carbocycles. The van der Waals surface area contributed by atoms with Crippen LogP contribution in [0.1, 0.15) is 25.1 Å². The van der Waals surface area contributed by atoms with Crippen molar-refractivity contribution in [3.05, 3.63) is 47.7 Å². The maximum Gasteiger partial charge on any atom is 0.228 e. The van der Waals surface area contributed by atoms with Crippen molar-refractivity contribution in [1.29, 1.82) is 0 Å². The van der Waals surface area contributed by atoms with Crippen molar-refractivity contribution in [2.45, 2.75) is 27.7 Å². The summed E-state index contributed by atoms with van der Waals surface area (Å²) in [6, 6.07) is 11.8. The first-order chi connectivity index (χ1) is 11.0. The summed E-state index contributed by atoms with van der Waals surface area (Å²) in [6.07, 6.45) is 0. The van der Waals surface area contributed by atoms with E-state index < -0.39 is 0 Å². The second-order valence-electron chi connectivity index (χ2n) is 6.04. The van der Waals surface area contributed by atoms with E-state index in [1.54, 1.807) is 4.68 Å². The lowest BCUT2D eigenvalue weighted by Crippen LogP contribution is -2.20. The van der Waals surface area contributed by atoms with Gasteiger partial charge in [0.05, 0.1) is 11.2 Å². The highest BCUT2D eigenvalue weighted by atomic mass is 16.1. The van der Waals surface area contributed by atoms with Crippen LogP contribution in [0.5, 0.6) is 0 Å². The Bertz CT molecular complexity index is 880. The van der Waals surface area contributed by atoms with Gasteiger partial charge in [0.1, 0.15) is 5.82 Å². The number of hydrogen-bond donors (Lipinski definition) is 1. The molecule has 2 aromatic heterocycles. The molecule has 1 amide bonds. The summed E-state index contributed by atoms with van der Waals surface area (Å²) in [5.41, 5.74) is 2.87. The molecule has 0 saturated heterocycles. The largest absolute Gasteiger partial charge is 0.310 e. The lowest BCUT2D eigenvalue weighted by Gasteiger charge is -2.11. The van der Waals surface area contributed by atoms with E-state index >= 15 is 0 Å². The van der Waals surface area contributed by atoms with Crippen LogP contribution >= 0.6 is 0 Å². The molecule has 1 N–H and O–H groups in total. The number of carbonyl (C=O) groups excluding carboxylic acids is 1. The molecule has 3 rings (SSSR count). The number of pyridine rings is 1. The molecule has 118 valence electrons. The summed E-state index contributed by atoms with van der Waals surface area (Å²) in [5.74, 6) is 1.21. The van der Waals surface area contributed by atoms with Crippen LogP contribution in [0.3, 0.4) is 0 Å². The van der Waals surface area contributed by atoms with Crippen molar-refractivity contribution in [1.82, 2.24) is 14.8 Å². The monoisotopic (exact) mass is 308 g/mol. The Morgan fingerprint density at radius 2 is 1.91 bits per heavy atom. The molecule has 5 nitrogen and oxygen atoms in total. The Hall–Kier alpha value is -2.69. The second kappa shape index (κ2) is 5.83. The van der Waals surface area contributed by atoms with Crippen molar-refractivity contribution >= 4 is 22.6 Å². The highest BCUT2D eigenvalue weighted by Gasteiger charge is 2.14. The molecule has 3 aromatic rings. The molecule has 0 aliphatic heterocycles. The number of para-hydroxylation sites is 1. The van der Waals surface area contributed by atoms with Crippen LogP contribution in [0.2, 0.25) is 0 Å². The Morgan fingerprint density at radius 1 is 1.17 bits per heavy atom. The first-order valence-electron chi connectivity index (χ1n) is 7.70. The number of nitrogens with one attached hydrogen (secondary N) is 1. The van der Waals surface area contributed by atoms with Gasteiger partial charge in [-0.05, 0) is 31.5 Å². The summed E-state index contributed by atoms with van der Waals surface area (Å²) in [5, 5.41) is 8.52. The van der Waals surface area contributed by atoms with Gasteiger partial charge in [0.25, 0.3) is 0 Å². The number of amides is 1. The third kappa shape index (κ3) is 2.95. The van der Waals surface area contributed by atoms with Crippen molar-refractivity contribution < 1.29 is 4.79 Å². The summed E-state index contributed by atoms with van der Waals surface area (Å²) >= 11 is 0. The fourth-order valence-corrected chi connectivity index (χ4v) is 2.47. The van der Waals surface area contributed by atoms with Gasteiger partial charge in [-0.25, -0.2) is 4.98 Å². The average Bonchev–Trinajstić information content (AvgIpc) is 2.87. The molecule has 0 unspecified atom stereocenters. The number of fused-ring (bicyclic) bond motifs is 1. The normalized spacial score (nSPS) is 11.2. The average molecular weight is 308 g/mol. The van der Waals surface area contributed by atoms with Crippen LogP contribution in [0.4, 0.5) is 5.82 Å². The lowest BCUT2D eigenvalue weighted by molar-refractivity contribution is -0.118. The molecule has 0 saturated carbocycles. The number of carbonyl (C=O) groups is 1. The van der Waals surface area contributed by atoms with E-state index in [4.69, 9.17) is 0 Å². The molecular formula is C18H20N4O. The minimum Gasteiger partial charge on any atom is -0.310 e. The highest BCUT2D eigenvalue weighted by Crippen LogP contribution is 2.22. The molecule has 0 atom stereocenters. The van der Waals surface area contributed by atoms with Crippen LogP contribution < -0.4 is 5.32 Å². The van der Waals surface area contributed by atoms with E-state index in [-0.39, 0.29) is 11.8 Å². The van der Waals surface area contributed by atoms with Gasteiger partial charge in [-0.3, -0.25) is 4.79 Å². The Morgan fingerprint density at radius 3 is 2.65 bits per heavy atom. The minimum atomic E-state index is -0.0926. The van der Waals surface area contributed by atoms with Crippen molar-refractivity contribution in [3.8, 4) is 5.82 Å². The van der Waals surface area contributed by atoms with Crippen molar-refractivity contribution in [2.75, 3.05) is 5.32 Å². The molecule has 0 bridgehead atoms. The fourth-order valence-electron chi connectivity index (χ4n) is 2.47. The number of anilines is 1. The number of aromatic nitrogens is 3. The van der Waals surface area contributed by atoms with Gasteiger partial charge in [0.15, 0.2) is 5.82 Å². The summed E-state index contributed by atoms with van der Waals surface area (Å²) in [6.45, 7) is 7.67. The van der Waals surface area contributed by atoms with Gasteiger partial charge < -0.3 is 5.32 Å². The summed E-state index contributed by atoms with van der Waals surface area (Å²) in [7, 11) is 0. The van der Waals surface area contributed by atoms with Crippen LogP contribution in [-0.4, -0.2) is 20.7 Å². The molecule has 1 aromatic carbocycles. The van der Waals surface area contributed by atoms with Crippen LogP contribution in [0.25, 0.3) is 16.7 Å². The molecule has 0 radical (unpaired) electrons. The Kier molecular flexibility index (Phi) is 3.86. The topological polar surface area (TPSA) is 59.8 Å². The standard InChI is InChI=1S/C18H20N4O/c1-11(2)18(23)20-17-10-13(4)21-22(17)16-9-12(3)14-7-5-6-8-15(14)19-16/h5-11H,1-4H3,(H,20,23). The van der Waals surface area contributed by atoms with Gasteiger partial charge >= 0.3 is 0 Å². The van der Waals surface area contributed by atoms with E-state index in [0.29, 0.717) is 11.6 Å². The van der Waals surface area contributed by atoms with E-state index in [1.807, 2.05) is 51.1 Å². The molecule has 0 spiro atoms. The third-order valence-corrected chi connectivity index (χ3v) is 3.73. The highest BCUT2D eigenvalue weighted by molar-refractivity contribution is 5.91. The van der Waals surface area contributed by atoms with Gasteiger partial charge in [-0.15, -0.1) is 0 Å². The van der Waals surface area contributed by atoms with E-state index in [0.717, 1.165) is 22.2 Å². The number of rotatable bonds is 3. The molecule has 23 heavy (non-hydrogen) atoms. The molecule has 5 heteroatoms. The zero-order valence-electron chi connectivity index (χ0n) is 13.8. The molecule has 0 fully saturated rings. The van der Waals surface area contributed by atoms with Gasteiger partial charge in [0, 0.05) is 17.4 Å². The van der Waals surface area contributed by atoms with Crippen LogP contribution in [0.15, 0.2) is 36.4 Å². The third-order valence-electron chi connectivity index (χ3n) is 3.73. The predicted molar refractivity (Wildman–Crippen MR) is 91.8 cm³/mol. The van der Waals surface area contributed by atoms with Crippen molar-refractivity contribution in [3.63, 3.8) is 0 Å². The number of aryl methyl sites for hydroxylation is 2. The quantitative estimate of drug-likeness (QED) is 0.803. The number of benzene rings is 1. The number of nitrogens with zero attached hydrogens (tertiary/aromatic N) is 3. The van der Waals surface area contributed by atoms with E-state index in [9.17, 15) is 4.79 Å². The van der Waals surface area contributed by atoms with Gasteiger partial charge in [-0.1, -0.05) is 32.0 Å². The fraction of sp³-hybridized carbons (Fsp3) is 0.278. The van der Waals surface area contributed by atoms with Crippen LogP contribution in [0, 0.1) is 19.8 Å². The number of hydrogen-bond acceptors (Lipinski definition) is 3. The first kappa shape index (κ1) is 15.2. The summed E-state index contributed by atoms with van der Waals surface area (Å²) < 4.78 is 1.69. The summed E-state index contributed by atoms with van der Waals surface area (Å²) in [4.78, 5) is 16.7. The second-order valence-corrected chi connectivity index (χ2v) is 6.04. The molecular weight excluding hydrogens is 288 g/mol. The smallest absolute Gasteiger partial charge is 0.228 e. The van der Waals surface area contributed by atoms with Crippen LogP contribution in [-0.2, 0) is 4.79 Å². The Balaban J connectivity index is 2.10. The van der Waals surface area contributed by atoms with Gasteiger partial charge in [0.2, 0.25) is 5.91 Å². The maximum atomic E-state index is 12.0. The zero-order valence-corrected chi connectivity index (χ0v) is 13.8. The molecule has 0 aliphatic rings. The minimum absolute atomic E-state index is 0.0383. The molecule has 2 heterocycles.